The first-order valence-corrected chi connectivity index (χ1v) is 17.9. The Hall–Kier alpha value is -6.73. The van der Waals surface area contributed by atoms with Crippen LogP contribution >= 0.6 is 0 Å². The lowest BCUT2D eigenvalue weighted by atomic mass is 9.88. The van der Waals surface area contributed by atoms with E-state index in [0.29, 0.717) is 28.5 Å². The summed E-state index contributed by atoms with van der Waals surface area (Å²) in [4.78, 5) is 16.9. The van der Waals surface area contributed by atoms with Crippen LogP contribution in [0.1, 0.15) is 53.1 Å². The van der Waals surface area contributed by atoms with Crippen molar-refractivity contribution in [1.82, 2.24) is 19.9 Å². The van der Waals surface area contributed by atoms with Gasteiger partial charge in [-0.05, 0) is 101 Å². The maximum absolute atomic E-state index is 14.5. The van der Waals surface area contributed by atoms with Crippen LogP contribution in [-0.2, 0) is 0 Å². The predicted molar refractivity (Wildman–Crippen MR) is 219 cm³/mol. The van der Waals surface area contributed by atoms with Gasteiger partial charge in [0.05, 0.1) is 5.70 Å². The number of hydrogen-bond acceptors (Lipinski definition) is 3. The lowest BCUT2D eigenvalue weighted by Crippen LogP contribution is -2.48. The second-order valence-corrected chi connectivity index (χ2v) is 13.9. The van der Waals surface area contributed by atoms with Crippen molar-refractivity contribution in [2.24, 2.45) is 10.1 Å². The summed E-state index contributed by atoms with van der Waals surface area (Å²) in [5, 5.41) is 11.1. The number of aliphatic imine (C=N–C) groups is 1. The second-order valence-electron chi connectivity index (χ2n) is 13.9. The van der Waals surface area contributed by atoms with Gasteiger partial charge >= 0.3 is 13.4 Å². The molecule has 0 saturated carbocycles. The zero-order valence-corrected chi connectivity index (χ0v) is 31.3. The quantitative estimate of drug-likeness (QED) is 0.0992. The zero-order valence-electron chi connectivity index (χ0n) is 31.3. The highest BCUT2D eigenvalue weighted by atomic mass is 19.2. The number of amides is 2. The van der Waals surface area contributed by atoms with E-state index in [1.807, 2.05) is 87.5 Å². The maximum atomic E-state index is 14.5. The van der Waals surface area contributed by atoms with E-state index in [4.69, 9.17) is 4.99 Å². The molecule has 1 aromatic heterocycles. The monoisotopic (exact) mass is 725 g/mol. The molecule has 0 unspecified atom stereocenters. The number of hydrogen-bond donors (Lipinski definition) is 0. The van der Waals surface area contributed by atoms with Crippen molar-refractivity contribution in [2.45, 2.75) is 27.7 Å². The number of benzene rings is 5. The summed E-state index contributed by atoms with van der Waals surface area (Å²) in [6.45, 7) is 7.46. The van der Waals surface area contributed by atoms with Gasteiger partial charge in [-0.3, -0.25) is 13.6 Å². The van der Waals surface area contributed by atoms with E-state index in [-0.39, 0.29) is 6.03 Å². The molecule has 8 rings (SSSR count). The van der Waals surface area contributed by atoms with Gasteiger partial charge in [0.1, 0.15) is 0 Å². The summed E-state index contributed by atoms with van der Waals surface area (Å²) < 4.78 is 30.1. The predicted octanol–water partition coefficient (Wildman–Crippen LogP) is 9.61. The molecule has 0 N–H and O–H groups in total. The first kappa shape index (κ1) is 35.3. The number of aromatic nitrogens is 1. The molecule has 2 aliphatic rings. The lowest BCUT2D eigenvalue weighted by Gasteiger charge is -2.26. The topological polar surface area (TPSA) is 67.3 Å². The van der Waals surface area contributed by atoms with Crippen LogP contribution in [0.5, 0.6) is 0 Å². The van der Waals surface area contributed by atoms with E-state index in [2.05, 4.69) is 58.8 Å². The third-order valence-corrected chi connectivity index (χ3v) is 10.1. The Morgan fingerprint density at radius 3 is 1.89 bits per heavy atom. The summed E-state index contributed by atoms with van der Waals surface area (Å²) in [6.07, 6.45) is 1.98. The molecule has 0 bridgehead atoms. The number of carbonyl (C=O) groups is 1. The molecule has 2 amide bonds. The summed E-state index contributed by atoms with van der Waals surface area (Å²) in [6, 6.07) is 33.9. The number of halogens is 2. The molecule has 0 spiro atoms. The molecule has 2 aliphatic heterocycles. The van der Waals surface area contributed by atoms with E-state index in [1.165, 1.54) is 10.0 Å². The number of rotatable bonds is 5. The highest BCUT2D eigenvalue weighted by molar-refractivity contribution is 6.41. The Kier molecular flexibility index (Phi) is 8.94. The Bertz CT molecular complexity index is 2690. The maximum Gasteiger partial charge on any atom is 0.677 e. The molecule has 269 valence electrons. The Morgan fingerprint density at radius 2 is 1.33 bits per heavy atom. The van der Waals surface area contributed by atoms with Gasteiger partial charge in [-0.15, -0.1) is 10.5 Å². The Morgan fingerprint density at radius 1 is 0.727 bits per heavy atom. The normalized spacial score (nSPS) is 15.1. The van der Waals surface area contributed by atoms with Gasteiger partial charge < -0.3 is 4.48 Å². The number of carbonyl (C=O) groups excluding carboxylic acids is 1. The number of urea groups is 1. The SMILES string of the molecule is CC1=CC(C)=N/C1=C(/c1ccc(C#Cc2c3ccccc3c(-c3ccc(C4=NN(C)C(=O)N(C)[N]4)cc3)c3ccccc23)cc1)c1c(C)cc(C)n1B(F)F. The van der Waals surface area contributed by atoms with Crippen LogP contribution in [0.4, 0.5) is 13.4 Å². The number of nitrogens with zero attached hydrogens (tertiary/aromatic N) is 6. The fourth-order valence-corrected chi connectivity index (χ4v) is 7.63. The largest absolute Gasteiger partial charge is 0.677 e. The van der Waals surface area contributed by atoms with Crippen LogP contribution in [0.25, 0.3) is 38.2 Å². The lowest BCUT2D eigenvalue weighted by molar-refractivity contribution is 0.155. The fraction of sp³-hybridized carbons (Fsp3) is 0.133. The summed E-state index contributed by atoms with van der Waals surface area (Å²) in [5.74, 6) is 7.38. The van der Waals surface area contributed by atoms with Crippen LogP contribution < -0.4 is 5.43 Å². The average Bonchev–Trinajstić information content (AvgIpc) is 3.67. The van der Waals surface area contributed by atoms with E-state index in [9.17, 15) is 13.4 Å². The van der Waals surface area contributed by atoms with Crippen molar-refractivity contribution in [2.75, 3.05) is 14.1 Å². The molecule has 0 aliphatic carbocycles. The van der Waals surface area contributed by atoms with Crippen LogP contribution in [0.15, 0.2) is 131 Å². The van der Waals surface area contributed by atoms with Crippen LogP contribution in [0.2, 0.25) is 0 Å². The highest BCUT2D eigenvalue weighted by Gasteiger charge is 2.29. The third-order valence-electron chi connectivity index (χ3n) is 10.1. The Balaban J connectivity index is 1.20. The molecule has 1 radical (unpaired) electrons. The number of allylic oxidation sites excluding steroid dienone is 2. The molecular weight excluding hydrogens is 689 g/mol. The molecule has 55 heavy (non-hydrogen) atoms. The third kappa shape index (κ3) is 6.27. The van der Waals surface area contributed by atoms with Crippen LogP contribution in [-0.4, -0.2) is 53.6 Å². The van der Waals surface area contributed by atoms with Crippen molar-refractivity contribution in [3.05, 3.63) is 160 Å². The zero-order chi connectivity index (χ0) is 38.5. The first-order valence-electron chi connectivity index (χ1n) is 17.9. The molecule has 0 saturated heterocycles. The molecule has 5 aromatic carbocycles. The van der Waals surface area contributed by atoms with Gasteiger partial charge in [0, 0.05) is 53.5 Å². The van der Waals surface area contributed by atoms with E-state index < -0.39 is 7.40 Å². The summed E-state index contributed by atoms with van der Waals surface area (Å²) in [7, 11) is 0.527. The van der Waals surface area contributed by atoms with Crippen LogP contribution in [0, 0.1) is 25.7 Å². The standard InChI is InChI=1S/C45H36BF2N6O/c1-27-25-29(3)49-42(27)41(43-28(2)26-30(4)54(43)46(47)48)33-18-15-31(16-19-33)17-24-37-35-11-7-9-13-38(35)40(39-14-10-8-12-36(37)39)32-20-22-34(23-21-32)44-50-52(5)45(55)53(6)51-44/h7-16,18-23,25-26H,1-6H3/b42-41-. The molecule has 0 atom stereocenters. The number of amidine groups is 1. The summed E-state index contributed by atoms with van der Waals surface area (Å²) >= 11 is 0. The van der Waals surface area contributed by atoms with Gasteiger partial charge in [-0.25, -0.2) is 14.8 Å². The minimum absolute atomic E-state index is 0.300. The minimum atomic E-state index is -2.69. The number of hydrazone groups is 1. The van der Waals surface area contributed by atoms with Crippen molar-refractivity contribution in [3.63, 3.8) is 0 Å². The number of aryl methyl sites for hydroxylation is 2. The van der Waals surface area contributed by atoms with Gasteiger partial charge in [-0.2, -0.15) is 0 Å². The first-order chi connectivity index (χ1) is 26.5. The molecule has 10 heteroatoms. The van der Waals surface area contributed by atoms with E-state index >= 15 is 0 Å². The van der Waals surface area contributed by atoms with Gasteiger partial charge in [0.2, 0.25) is 0 Å². The van der Waals surface area contributed by atoms with Crippen molar-refractivity contribution < 1.29 is 13.4 Å². The van der Waals surface area contributed by atoms with Gasteiger partial charge in [-0.1, -0.05) is 96.8 Å². The average molecular weight is 726 g/mol. The minimum Gasteiger partial charge on any atom is -0.329 e. The van der Waals surface area contributed by atoms with Gasteiger partial charge in [0.25, 0.3) is 0 Å². The summed E-state index contributed by atoms with van der Waals surface area (Å²) in [5.41, 5.74) is 14.6. The molecular formula is C45H36BF2N6O. The van der Waals surface area contributed by atoms with Gasteiger partial charge in [0.15, 0.2) is 5.84 Å². The van der Waals surface area contributed by atoms with E-state index in [0.717, 1.165) is 76.3 Å². The smallest absolute Gasteiger partial charge is 0.329 e. The molecule has 0 fully saturated rings. The Labute approximate surface area is 319 Å². The molecule has 7 nitrogen and oxygen atoms in total. The molecule has 6 aromatic rings. The van der Waals surface area contributed by atoms with Crippen molar-refractivity contribution in [1.29, 1.82) is 0 Å². The van der Waals surface area contributed by atoms with Crippen molar-refractivity contribution >= 4 is 52.1 Å². The molecule has 3 heterocycles. The fourth-order valence-electron chi connectivity index (χ4n) is 7.63. The second kappa shape index (κ2) is 13.9. The van der Waals surface area contributed by atoms with E-state index in [1.54, 1.807) is 27.1 Å². The number of fused-ring (bicyclic) bond motifs is 2. The highest BCUT2D eigenvalue weighted by Crippen LogP contribution is 2.40. The van der Waals surface area contributed by atoms with Crippen LogP contribution in [0.3, 0.4) is 0 Å². The van der Waals surface area contributed by atoms with Crippen molar-refractivity contribution in [3.8, 4) is 23.0 Å².